The largest absolute Gasteiger partial charge is 0.292 e. The van der Waals surface area contributed by atoms with Crippen LogP contribution in [-0.4, -0.2) is 12.8 Å². The van der Waals surface area contributed by atoms with Gasteiger partial charge in [0.05, 0.1) is 0 Å². The molecule has 0 unspecified atom stereocenters. The van der Waals surface area contributed by atoms with Crippen LogP contribution in [0, 0.1) is 6.92 Å². The lowest BCUT2D eigenvalue weighted by molar-refractivity contribution is 1.14. The van der Waals surface area contributed by atoms with Crippen molar-refractivity contribution < 1.29 is 0 Å². The number of nitrogens with zero attached hydrogens (tertiary/aromatic N) is 1. The van der Waals surface area contributed by atoms with Crippen LogP contribution >= 0.6 is 11.3 Å². The predicted octanol–water partition coefficient (Wildman–Crippen LogP) is 2.50. The Morgan fingerprint density at radius 3 is 2.90 bits per heavy atom. The van der Waals surface area contributed by atoms with Gasteiger partial charge in [0.2, 0.25) is 0 Å². The first-order chi connectivity index (χ1) is 4.83. The zero-order chi connectivity index (χ0) is 7.40. The van der Waals surface area contributed by atoms with Crippen molar-refractivity contribution in [3.05, 3.63) is 21.9 Å². The number of hydrogen-bond acceptors (Lipinski definition) is 2. The lowest BCUT2D eigenvalue weighted by Crippen LogP contribution is -1.72. The lowest BCUT2D eigenvalue weighted by Gasteiger charge is -1.80. The van der Waals surface area contributed by atoms with Crippen LogP contribution in [-0.2, 0) is 0 Å². The quantitative estimate of drug-likeness (QED) is 0.579. The average molecular weight is 153 g/mol. The molecule has 0 bridgehead atoms. The summed E-state index contributed by atoms with van der Waals surface area (Å²) in [5, 5.41) is 0. The second kappa shape index (κ2) is 3.52. The Balaban J connectivity index is 2.67. The van der Waals surface area contributed by atoms with Gasteiger partial charge >= 0.3 is 0 Å². The summed E-state index contributed by atoms with van der Waals surface area (Å²) in [4.78, 5) is 6.74. The fourth-order valence-corrected chi connectivity index (χ4v) is 1.48. The van der Waals surface area contributed by atoms with E-state index in [4.69, 9.17) is 0 Å². The molecular weight excluding hydrogens is 142 g/mol. The normalized spacial score (nSPS) is 11.0. The molecule has 0 spiro atoms. The van der Waals surface area contributed by atoms with Crippen LogP contribution in [0.3, 0.4) is 0 Å². The molecule has 1 nitrogen and oxygen atoms in total. The summed E-state index contributed by atoms with van der Waals surface area (Å²) in [5.74, 6) is 0. The van der Waals surface area contributed by atoms with Gasteiger partial charge in [0.15, 0.2) is 0 Å². The van der Waals surface area contributed by atoms with E-state index in [1.165, 1.54) is 9.75 Å². The summed E-state index contributed by atoms with van der Waals surface area (Å²) in [6.07, 6.45) is 1.93. The Kier molecular flexibility index (Phi) is 2.63. The summed E-state index contributed by atoms with van der Waals surface area (Å²) in [7, 11) is 0. The van der Waals surface area contributed by atoms with Crippen molar-refractivity contribution in [2.45, 2.75) is 13.8 Å². The van der Waals surface area contributed by atoms with Crippen molar-refractivity contribution >= 4 is 17.6 Å². The average Bonchev–Trinajstić information content (AvgIpc) is 2.31. The van der Waals surface area contributed by atoms with Crippen LogP contribution in [0.2, 0.25) is 0 Å². The highest BCUT2D eigenvalue weighted by Crippen LogP contribution is 2.12. The van der Waals surface area contributed by atoms with Gasteiger partial charge in [-0.15, -0.1) is 11.3 Å². The molecule has 1 aromatic heterocycles. The number of aliphatic imine (C=N–C) groups is 1. The molecule has 0 aliphatic rings. The van der Waals surface area contributed by atoms with Crippen molar-refractivity contribution in [3.63, 3.8) is 0 Å². The second-order valence-electron chi connectivity index (χ2n) is 2.08. The molecule has 0 amide bonds. The number of hydrogen-bond donors (Lipinski definition) is 0. The van der Waals surface area contributed by atoms with E-state index in [0.717, 1.165) is 6.54 Å². The molecule has 0 aliphatic heterocycles. The molecule has 1 rings (SSSR count). The van der Waals surface area contributed by atoms with Gasteiger partial charge in [-0.2, -0.15) is 0 Å². The Bertz CT molecular complexity index is 225. The number of rotatable bonds is 2. The summed E-state index contributed by atoms with van der Waals surface area (Å²) >= 11 is 1.78. The van der Waals surface area contributed by atoms with Gasteiger partial charge in [-0.3, -0.25) is 4.99 Å². The van der Waals surface area contributed by atoms with E-state index in [0.29, 0.717) is 0 Å². The molecule has 1 heterocycles. The molecular formula is C8H11NS. The highest BCUT2D eigenvalue weighted by molar-refractivity contribution is 7.13. The number of thiophene rings is 1. The molecule has 0 saturated carbocycles. The topological polar surface area (TPSA) is 12.4 Å². The standard InChI is InChI=1S/C8H11NS/c1-3-9-6-8-5-4-7(2)10-8/h4-6H,3H2,1-2H3. The van der Waals surface area contributed by atoms with Crippen molar-refractivity contribution in [2.75, 3.05) is 6.54 Å². The van der Waals surface area contributed by atoms with E-state index < -0.39 is 0 Å². The van der Waals surface area contributed by atoms with E-state index in [-0.39, 0.29) is 0 Å². The van der Waals surface area contributed by atoms with E-state index in [9.17, 15) is 0 Å². The highest BCUT2D eigenvalue weighted by atomic mass is 32.1. The van der Waals surface area contributed by atoms with Crippen molar-refractivity contribution in [3.8, 4) is 0 Å². The van der Waals surface area contributed by atoms with Gasteiger partial charge < -0.3 is 0 Å². The van der Waals surface area contributed by atoms with Crippen molar-refractivity contribution in [1.82, 2.24) is 0 Å². The maximum Gasteiger partial charge on any atom is 0.0451 e. The molecule has 0 saturated heterocycles. The Morgan fingerprint density at radius 1 is 1.60 bits per heavy atom. The van der Waals surface area contributed by atoms with Gasteiger partial charge in [0.1, 0.15) is 0 Å². The molecule has 0 N–H and O–H groups in total. The maximum atomic E-state index is 4.14. The molecule has 0 atom stereocenters. The van der Waals surface area contributed by atoms with Crippen molar-refractivity contribution in [2.24, 2.45) is 4.99 Å². The van der Waals surface area contributed by atoms with E-state index in [1.54, 1.807) is 11.3 Å². The van der Waals surface area contributed by atoms with Crippen LogP contribution in [0.4, 0.5) is 0 Å². The third kappa shape index (κ3) is 1.95. The first-order valence-corrected chi connectivity index (χ1v) is 4.21. The third-order valence-corrected chi connectivity index (χ3v) is 2.10. The summed E-state index contributed by atoms with van der Waals surface area (Å²) < 4.78 is 0. The summed E-state index contributed by atoms with van der Waals surface area (Å²) in [6.45, 7) is 5.02. The fourth-order valence-electron chi connectivity index (χ4n) is 0.704. The molecule has 0 aliphatic carbocycles. The smallest absolute Gasteiger partial charge is 0.0451 e. The van der Waals surface area contributed by atoms with Gasteiger partial charge in [0, 0.05) is 22.5 Å². The van der Waals surface area contributed by atoms with Gasteiger partial charge in [-0.1, -0.05) is 0 Å². The van der Waals surface area contributed by atoms with Crippen LogP contribution < -0.4 is 0 Å². The summed E-state index contributed by atoms with van der Waals surface area (Å²) in [5.41, 5.74) is 0. The minimum atomic E-state index is 0.872. The van der Waals surface area contributed by atoms with Gasteiger partial charge in [0.25, 0.3) is 0 Å². The SMILES string of the molecule is CCN=Cc1ccc(C)s1. The molecule has 1 aromatic rings. The third-order valence-electron chi connectivity index (χ3n) is 1.16. The lowest BCUT2D eigenvalue weighted by atomic mass is 10.4. The van der Waals surface area contributed by atoms with Crippen molar-refractivity contribution in [1.29, 1.82) is 0 Å². The van der Waals surface area contributed by atoms with Gasteiger partial charge in [-0.25, -0.2) is 0 Å². The maximum absolute atomic E-state index is 4.14. The molecule has 2 heteroatoms. The fraction of sp³-hybridized carbons (Fsp3) is 0.375. The minimum Gasteiger partial charge on any atom is -0.292 e. The second-order valence-corrected chi connectivity index (χ2v) is 3.40. The van der Waals surface area contributed by atoms with Crippen LogP contribution in [0.1, 0.15) is 16.7 Å². The zero-order valence-corrected chi connectivity index (χ0v) is 7.11. The Labute approximate surface area is 65.4 Å². The van der Waals surface area contributed by atoms with E-state index in [1.807, 2.05) is 13.1 Å². The summed E-state index contributed by atoms with van der Waals surface area (Å²) in [6, 6.07) is 4.21. The van der Waals surface area contributed by atoms with Crippen LogP contribution in [0.15, 0.2) is 17.1 Å². The minimum absolute atomic E-state index is 0.872. The highest BCUT2D eigenvalue weighted by Gasteiger charge is 1.89. The first-order valence-electron chi connectivity index (χ1n) is 3.39. The molecule has 0 fully saturated rings. The first kappa shape index (κ1) is 7.48. The van der Waals surface area contributed by atoms with Crippen LogP contribution in [0.25, 0.3) is 0 Å². The Hall–Kier alpha value is -0.630. The molecule has 0 aromatic carbocycles. The Morgan fingerprint density at radius 2 is 2.40 bits per heavy atom. The van der Waals surface area contributed by atoms with E-state index in [2.05, 4.69) is 24.0 Å². The monoisotopic (exact) mass is 153 g/mol. The van der Waals surface area contributed by atoms with Gasteiger partial charge in [-0.05, 0) is 26.0 Å². The molecule has 0 radical (unpaired) electrons. The van der Waals surface area contributed by atoms with E-state index >= 15 is 0 Å². The molecule has 54 valence electrons. The number of aryl methyl sites for hydroxylation is 1. The zero-order valence-electron chi connectivity index (χ0n) is 6.29. The predicted molar refractivity (Wildman–Crippen MR) is 47.2 cm³/mol. The van der Waals surface area contributed by atoms with Crippen LogP contribution in [0.5, 0.6) is 0 Å². The molecule has 10 heavy (non-hydrogen) atoms.